The van der Waals surface area contributed by atoms with E-state index in [1.165, 1.54) is 25.1 Å². The average Bonchev–Trinajstić information content (AvgIpc) is 2.77. The van der Waals surface area contributed by atoms with E-state index in [1.807, 2.05) is 12.1 Å². The molecule has 0 aliphatic carbocycles. The molecule has 0 unspecified atom stereocenters. The van der Waals surface area contributed by atoms with Crippen molar-refractivity contribution >= 4 is 55.3 Å². The van der Waals surface area contributed by atoms with Gasteiger partial charge in [0, 0.05) is 19.7 Å². The summed E-state index contributed by atoms with van der Waals surface area (Å²) in [6.07, 6.45) is 0. The topological polar surface area (TPSA) is 13.1 Å². The zero-order valence-electron chi connectivity index (χ0n) is 9.48. The molecule has 0 saturated heterocycles. The third-order valence-corrected chi connectivity index (χ3v) is 3.99. The molecule has 1 nitrogen and oxygen atoms in total. The van der Waals surface area contributed by atoms with Crippen molar-refractivity contribution in [2.75, 3.05) is 0 Å². The van der Waals surface area contributed by atoms with Crippen molar-refractivity contribution in [3.63, 3.8) is 0 Å². The number of halogens is 1. The van der Waals surface area contributed by atoms with Crippen LogP contribution in [0.25, 0.3) is 32.7 Å². The predicted octanol–water partition coefficient (Wildman–Crippen LogP) is 5.34. The lowest BCUT2D eigenvalue weighted by molar-refractivity contribution is 0.672. The molecule has 0 atom stereocenters. The minimum Gasteiger partial charge on any atom is -0.455 e. The Labute approximate surface area is 118 Å². The summed E-state index contributed by atoms with van der Waals surface area (Å²) >= 11 is 2.34. The Morgan fingerprint density at radius 2 is 1.61 bits per heavy atom. The smallest absolute Gasteiger partial charge is 0.143 e. The highest BCUT2D eigenvalue weighted by atomic mass is 127. The van der Waals surface area contributed by atoms with Gasteiger partial charge < -0.3 is 4.42 Å². The van der Waals surface area contributed by atoms with Crippen molar-refractivity contribution in [3.05, 3.63) is 58.2 Å². The summed E-state index contributed by atoms with van der Waals surface area (Å²) in [4.78, 5) is 0. The van der Waals surface area contributed by atoms with Gasteiger partial charge in [0.1, 0.15) is 11.2 Å². The quantitative estimate of drug-likeness (QED) is 0.392. The maximum Gasteiger partial charge on any atom is 0.143 e. The molecule has 0 aliphatic heterocycles. The van der Waals surface area contributed by atoms with Gasteiger partial charge in [-0.1, -0.05) is 24.3 Å². The summed E-state index contributed by atoms with van der Waals surface area (Å²) in [6.45, 7) is 0. The van der Waals surface area contributed by atoms with E-state index < -0.39 is 0 Å². The maximum absolute atomic E-state index is 6.00. The van der Waals surface area contributed by atoms with Crippen LogP contribution < -0.4 is 0 Å². The van der Waals surface area contributed by atoms with Crippen molar-refractivity contribution in [2.24, 2.45) is 0 Å². The van der Waals surface area contributed by atoms with Crippen LogP contribution in [0.4, 0.5) is 0 Å². The largest absolute Gasteiger partial charge is 0.455 e. The molecule has 2 heteroatoms. The van der Waals surface area contributed by atoms with E-state index in [2.05, 4.69) is 65.1 Å². The highest BCUT2D eigenvalue weighted by Crippen LogP contribution is 2.34. The Balaban J connectivity index is 2.28. The van der Waals surface area contributed by atoms with Gasteiger partial charge in [-0.05, 0) is 58.3 Å². The molecule has 0 amide bonds. The van der Waals surface area contributed by atoms with Crippen molar-refractivity contribution in [2.45, 2.75) is 0 Å². The second kappa shape index (κ2) is 3.72. The van der Waals surface area contributed by atoms with E-state index in [-0.39, 0.29) is 0 Å². The van der Waals surface area contributed by atoms with Crippen LogP contribution in [0.1, 0.15) is 0 Å². The molecule has 4 aromatic rings. The number of hydrogen-bond donors (Lipinski definition) is 0. The van der Waals surface area contributed by atoms with E-state index in [0.717, 1.165) is 11.2 Å². The lowest BCUT2D eigenvalue weighted by Crippen LogP contribution is -1.75. The first kappa shape index (κ1) is 10.4. The molecule has 4 rings (SSSR count). The third-order valence-electron chi connectivity index (χ3n) is 3.32. The molecule has 0 aliphatic rings. The lowest BCUT2D eigenvalue weighted by atomic mass is 10.1. The number of benzene rings is 3. The Morgan fingerprint density at radius 1 is 0.778 bits per heavy atom. The van der Waals surface area contributed by atoms with E-state index in [0.29, 0.717) is 0 Å². The molecular weight excluding hydrogens is 335 g/mol. The van der Waals surface area contributed by atoms with Crippen LogP contribution >= 0.6 is 22.6 Å². The van der Waals surface area contributed by atoms with Crippen LogP contribution in [-0.2, 0) is 0 Å². The Hall–Kier alpha value is -1.55. The van der Waals surface area contributed by atoms with E-state index in [9.17, 15) is 0 Å². The Bertz CT molecular complexity index is 889. The molecule has 0 bridgehead atoms. The lowest BCUT2D eigenvalue weighted by Gasteiger charge is -1.99. The second-order valence-corrected chi connectivity index (χ2v) is 5.65. The first-order valence-electron chi connectivity index (χ1n) is 5.82. The monoisotopic (exact) mass is 344 g/mol. The highest BCUT2D eigenvalue weighted by molar-refractivity contribution is 14.1. The van der Waals surface area contributed by atoms with E-state index >= 15 is 0 Å². The molecule has 0 N–H and O–H groups in total. The number of fused-ring (bicyclic) bond motifs is 5. The van der Waals surface area contributed by atoms with Gasteiger partial charge in [-0.2, -0.15) is 0 Å². The van der Waals surface area contributed by atoms with E-state index in [4.69, 9.17) is 4.42 Å². The fourth-order valence-corrected chi connectivity index (χ4v) is 3.00. The van der Waals surface area contributed by atoms with Gasteiger partial charge in [-0.25, -0.2) is 0 Å². The zero-order chi connectivity index (χ0) is 12.1. The molecule has 0 saturated carbocycles. The van der Waals surface area contributed by atoms with Crippen molar-refractivity contribution in [1.82, 2.24) is 0 Å². The molecule has 1 heterocycles. The number of furan rings is 1. The zero-order valence-corrected chi connectivity index (χ0v) is 11.6. The molecule has 18 heavy (non-hydrogen) atoms. The molecule has 0 fully saturated rings. The van der Waals surface area contributed by atoms with Crippen LogP contribution in [0, 0.1) is 3.57 Å². The number of para-hydroxylation sites is 1. The Morgan fingerprint density at radius 3 is 2.56 bits per heavy atom. The van der Waals surface area contributed by atoms with Crippen molar-refractivity contribution < 1.29 is 4.42 Å². The maximum atomic E-state index is 6.00. The third kappa shape index (κ3) is 1.38. The number of hydrogen-bond acceptors (Lipinski definition) is 1. The van der Waals surface area contributed by atoms with Crippen molar-refractivity contribution in [3.8, 4) is 0 Å². The normalized spacial score (nSPS) is 11.6. The predicted molar refractivity (Wildman–Crippen MR) is 83.9 cm³/mol. The first-order valence-corrected chi connectivity index (χ1v) is 6.90. The standard InChI is InChI=1S/C16H9IO/c17-11-6-8-12-10(9-11)5-7-14-13-3-1-2-4-15(13)18-16(12)14/h1-9H. The minimum absolute atomic E-state index is 0.957. The average molecular weight is 344 g/mol. The molecule has 86 valence electrons. The Kier molecular flexibility index (Phi) is 2.14. The fourth-order valence-electron chi connectivity index (χ4n) is 2.48. The first-order chi connectivity index (χ1) is 8.83. The summed E-state index contributed by atoms with van der Waals surface area (Å²) in [7, 11) is 0. The SMILES string of the molecule is Ic1ccc2c(ccc3c4ccccc4oc23)c1. The van der Waals surface area contributed by atoms with Crippen LogP contribution in [0.2, 0.25) is 0 Å². The number of rotatable bonds is 0. The van der Waals surface area contributed by atoms with Crippen LogP contribution in [-0.4, -0.2) is 0 Å². The molecular formula is C16H9IO. The summed E-state index contributed by atoms with van der Waals surface area (Å²) < 4.78 is 7.25. The van der Waals surface area contributed by atoms with Gasteiger partial charge in [-0.3, -0.25) is 0 Å². The second-order valence-electron chi connectivity index (χ2n) is 4.41. The van der Waals surface area contributed by atoms with Crippen LogP contribution in [0.15, 0.2) is 59.0 Å². The van der Waals surface area contributed by atoms with E-state index in [1.54, 1.807) is 0 Å². The minimum atomic E-state index is 0.957. The summed E-state index contributed by atoms with van der Waals surface area (Å²) in [5.74, 6) is 0. The van der Waals surface area contributed by atoms with Gasteiger partial charge >= 0.3 is 0 Å². The molecule has 1 aromatic heterocycles. The molecule has 0 radical (unpaired) electrons. The van der Waals surface area contributed by atoms with Gasteiger partial charge in [0.15, 0.2) is 0 Å². The molecule has 0 spiro atoms. The van der Waals surface area contributed by atoms with Crippen molar-refractivity contribution in [1.29, 1.82) is 0 Å². The van der Waals surface area contributed by atoms with Gasteiger partial charge in [-0.15, -0.1) is 0 Å². The fraction of sp³-hybridized carbons (Fsp3) is 0. The summed E-state index contributed by atoms with van der Waals surface area (Å²) in [5.41, 5.74) is 1.95. The summed E-state index contributed by atoms with van der Waals surface area (Å²) in [5, 5.41) is 4.80. The molecule has 3 aromatic carbocycles. The van der Waals surface area contributed by atoms with Gasteiger partial charge in [0.2, 0.25) is 0 Å². The van der Waals surface area contributed by atoms with Gasteiger partial charge in [0.05, 0.1) is 0 Å². The summed E-state index contributed by atoms with van der Waals surface area (Å²) in [6, 6.07) is 19.0. The highest BCUT2D eigenvalue weighted by Gasteiger charge is 2.09. The van der Waals surface area contributed by atoms with Crippen LogP contribution in [0.3, 0.4) is 0 Å². The van der Waals surface area contributed by atoms with Gasteiger partial charge in [0.25, 0.3) is 0 Å². The van der Waals surface area contributed by atoms with Crippen LogP contribution in [0.5, 0.6) is 0 Å².